The van der Waals surface area contributed by atoms with Crippen LogP contribution in [0.2, 0.25) is 0 Å². The molecule has 0 aromatic rings. The van der Waals surface area contributed by atoms with Crippen LogP contribution in [0.15, 0.2) is 12.0 Å². The first-order valence-electron chi connectivity index (χ1n) is 1.16. The summed E-state index contributed by atoms with van der Waals surface area (Å²) >= 11 is 0. The van der Waals surface area contributed by atoms with E-state index in [4.69, 9.17) is 4.55 Å². The standard InChI is InChI=1S/C2H4O3S.Na/c1-2-6(3,4)5;/h2H,1H2,(H,3,4,5);/q;+1. The Bertz CT molecular complexity index is 123. The van der Waals surface area contributed by atoms with Crippen LogP contribution in [-0.4, -0.2) is 13.0 Å². The number of rotatable bonds is 1. The average molecular weight is 131 g/mol. The van der Waals surface area contributed by atoms with Gasteiger partial charge in [0, 0.05) is 0 Å². The van der Waals surface area contributed by atoms with E-state index in [-0.39, 0.29) is 29.6 Å². The van der Waals surface area contributed by atoms with E-state index in [2.05, 4.69) is 6.58 Å². The molecule has 0 saturated carbocycles. The maximum absolute atomic E-state index is 9.44. The summed E-state index contributed by atoms with van der Waals surface area (Å²) in [6.07, 6.45) is 0. The molecule has 7 heavy (non-hydrogen) atoms. The van der Waals surface area contributed by atoms with Crippen LogP contribution < -0.4 is 29.6 Å². The molecule has 0 aromatic heterocycles. The van der Waals surface area contributed by atoms with E-state index in [0.29, 0.717) is 5.41 Å². The summed E-state index contributed by atoms with van der Waals surface area (Å²) in [5.74, 6) is 0. The molecule has 0 radical (unpaired) electrons. The predicted octanol–water partition coefficient (Wildman–Crippen LogP) is -2.98. The van der Waals surface area contributed by atoms with Crippen LogP contribution in [0.1, 0.15) is 0 Å². The third-order valence-electron chi connectivity index (χ3n) is 0.211. The van der Waals surface area contributed by atoms with E-state index >= 15 is 0 Å². The minimum absolute atomic E-state index is 0. The van der Waals surface area contributed by atoms with Gasteiger partial charge in [0.15, 0.2) is 0 Å². The Balaban J connectivity index is 0. The normalized spacial score (nSPS) is 9.29. The molecule has 1 N–H and O–H groups in total. The van der Waals surface area contributed by atoms with Crippen molar-refractivity contribution in [2.24, 2.45) is 0 Å². The molecule has 0 aliphatic heterocycles. The van der Waals surface area contributed by atoms with Gasteiger partial charge in [0.05, 0.1) is 5.41 Å². The Labute approximate surface area is 64.5 Å². The molecule has 0 unspecified atom stereocenters. The second-order valence-corrected chi connectivity index (χ2v) is 2.04. The zero-order valence-electron chi connectivity index (χ0n) is 3.96. The fraction of sp³-hybridized carbons (Fsp3) is 0. The van der Waals surface area contributed by atoms with Gasteiger partial charge in [0.1, 0.15) is 0 Å². The van der Waals surface area contributed by atoms with Crippen molar-refractivity contribution in [3.05, 3.63) is 12.0 Å². The van der Waals surface area contributed by atoms with Crippen LogP contribution in [0.25, 0.3) is 0 Å². The SMILES string of the molecule is C=CS(=O)(=O)O.[Na+]. The largest absolute Gasteiger partial charge is 1.00 e. The van der Waals surface area contributed by atoms with Gasteiger partial charge in [0.25, 0.3) is 10.1 Å². The minimum atomic E-state index is -3.90. The number of hydrogen-bond donors (Lipinski definition) is 1. The fourth-order valence-corrected chi connectivity index (χ4v) is 0. The molecule has 0 bridgehead atoms. The van der Waals surface area contributed by atoms with Crippen LogP contribution in [0, 0.1) is 0 Å². The van der Waals surface area contributed by atoms with Gasteiger partial charge in [-0.1, -0.05) is 6.58 Å². The second-order valence-electron chi connectivity index (χ2n) is 0.682. The zero-order chi connectivity index (χ0) is 5.21. The van der Waals surface area contributed by atoms with Crippen molar-refractivity contribution in [2.75, 3.05) is 0 Å². The van der Waals surface area contributed by atoms with Gasteiger partial charge in [-0.3, -0.25) is 4.55 Å². The first-order valence-corrected chi connectivity index (χ1v) is 2.66. The zero-order valence-corrected chi connectivity index (χ0v) is 6.77. The Morgan fingerprint density at radius 2 is 1.71 bits per heavy atom. The van der Waals surface area contributed by atoms with Crippen LogP contribution in [-0.2, 0) is 10.1 Å². The molecule has 0 amide bonds. The summed E-state index contributed by atoms with van der Waals surface area (Å²) in [7, 11) is -3.90. The fourth-order valence-electron chi connectivity index (χ4n) is 0. The molecule has 0 saturated heterocycles. The first kappa shape index (κ1) is 10.6. The minimum Gasteiger partial charge on any atom is -0.282 e. The molecule has 36 valence electrons. The maximum Gasteiger partial charge on any atom is 1.00 e. The van der Waals surface area contributed by atoms with Gasteiger partial charge < -0.3 is 0 Å². The molecule has 0 heterocycles. The Morgan fingerprint density at radius 1 is 1.57 bits per heavy atom. The van der Waals surface area contributed by atoms with Crippen LogP contribution in [0.4, 0.5) is 0 Å². The van der Waals surface area contributed by atoms with E-state index in [1.54, 1.807) is 0 Å². The third kappa shape index (κ3) is 10.8. The second kappa shape index (κ2) is 3.63. The molecular formula is C2H4NaO3S+. The van der Waals surface area contributed by atoms with Crippen molar-refractivity contribution in [2.45, 2.75) is 0 Å². The van der Waals surface area contributed by atoms with E-state index in [1.807, 2.05) is 0 Å². The van der Waals surface area contributed by atoms with E-state index in [0.717, 1.165) is 0 Å². The van der Waals surface area contributed by atoms with Crippen molar-refractivity contribution in [1.82, 2.24) is 0 Å². The van der Waals surface area contributed by atoms with Gasteiger partial charge >= 0.3 is 29.6 Å². The summed E-state index contributed by atoms with van der Waals surface area (Å²) < 4.78 is 26.6. The third-order valence-corrected chi connectivity index (χ3v) is 0.632. The summed E-state index contributed by atoms with van der Waals surface area (Å²) in [6.45, 7) is 2.79. The molecule has 0 spiro atoms. The number of hydrogen-bond acceptors (Lipinski definition) is 2. The Kier molecular flexibility index (Phi) is 5.49. The molecular weight excluding hydrogens is 127 g/mol. The van der Waals surface area contributed by atoms with E-state index < -0.39 is 10.1 Å². The van der Waals surface area contributed by atoms with Gasteiger partial charge in [-0.15, -0.1) is 0 Å². The van der Waals surface area contributed by atoms with Gasteiger partial charge in [-0.2, -0.15) is 8.42 Å². The molecule has 0 fully saturated rings. The average Bonchev–Trinajstić information content (AvgIpc) is 1.35. The van der Waals surface area contributed by atoms with Gasteiger partial charge in [0.2, 0.25) is 0 Å². The van der Waals surface area contributed by atoms with Crippen molar-refractivity contribution < 1.29 is 42.5 Å². The molecule has 0 aromatic carbocycles. The molecule has 0 aliphatic rings. The van der Waals surface area contributed by atoms with Crippen molar-refractivity contribution >= 4 is 10.1 Å². The monoisotopic (exact) mass is 131 g/mol. The molecule has 3 nitrogen and oxygen atoms in total. The van der Waals surface area contributed by atoms with Gasteiger partial charge in [-0.25, -0.2) is 0 Å². The predicted molar refractivity (Wildman–Crippen MR) is 21.7 cm³/mol. The van der Waals surface area contributed by atoms with Crippen molar-refractivity contribution in [1.29, 1.82) is 0 Å². The molecule has 0 rings (SSSR count). The summed E-state index contributed by atoms with van der Waals surface area (Å²) in [4.78, 5) is 0. The molecule has 0 aliphatic carbocycles. The van der Waals surface area contributed by atoms with Gasteiger partial charge in [-0.05, 0) is 0 Å². The topological polar surface area (TPSA) is 54.4 Å². The van der Waals surface area contributed by atoms with Crippen molar-refractivity contribution in [3.63, 3.8) is 0 Å². The van der Waals surface area contributed by atoms with Crippen LogP contribution >= 0.6 is 0 Å². The molecule has 5 heteroatoms. The first-order chi connectivity index (χ1) is 2.56. The quantitative estimate of drug-likeness (QED) is 0.305. The smallest absolute Gasteiger partial charge is 0.282 e. The Morgan fingerprint density at radius 3 is 1.71 bits per heavy atom. The Hall–Kier alpha value is 0.650. The van der Waals surface area contributed by atoms with Crippen LogP contribution in [0.3, 0.4) is 0 Å². The van der Waals surface area contributed by atoms with Crippen LogP contribution in [0.5, 0.6) is 0 Å². The summed E-state index contributed by atoms with van der Waals surface area (Å²) in [5, 5.41) is 0.465. The summed E-state index contributed by atoms with van der Waals surface area (Å²) in [5.41, 5.74) is 0. The van der Waals surface area contributed by atoms with E-state index in [9.17, 15) is 8.42 Å². The van der Waals surface area contributed by atoms with E-state index in [1.165, 1.54) is 0 Å². The maximum atomic E-state index is 9.44. The van der Waals surface area contributed by atoms with Crippen molar-refractivity contribution in [3.8, 4) is 0 Å². The molecule has 0 atom stereocenters. The summed E-state index contributed by atoms with van der Waals surface area (Å²) in [6, 6.07) is 0.